The second kappa shape index (κ2) is 12.9. The molecule has 1 aromatic rings. The van der Waals surface area contributed by atoms with Crippen LogP contribution in [-0.4, -0.2) is 31.9 Å². The van der Waals surface area contributed by atoms with Gasteiger partial charge in [-0.25, -0.2) is 0 Å². The minimum atomic E-state index is -0.319. The smallest absolute Gasteiger partial charge is 0.177 e. The Balaban J connectivity index is 1.16. The minimum absolute atomic E-state index is 0.0814. The first-order chi connectivity index (χ1) is 16.7. The van der Waals surface area contributed by atoms with E-state index in [1.165, 1.54) is 64.2 Å². The van der Waals surface area contributed by atoms with E-state index in [0.29, 0.717) is 12.2 Å². The quantitative estimate of drug-likeness (QED) is 0.204. The maximum Gasteiger partial charge on any atom is 0.177 e. The van der Waals surface area contributed by atoms with Crippen LogP contribution < -0.4 is 4.74 Å². The third-order valence-electron chi connectivity index (χ3n) is 8.47. The molecule has 0 bridgehead atoms. The summed E-state index contributed by atoms with van der Waals surface area (Å²) >= 11 is 0. The van der Waals surface area contributed by atoms with Crippen molar-refractivity contribution in [2.24, 2.45) is 23.7 Å². The Morgan fingerprint density at radius 3 is 2.18 bits per heavy atom. The highest BCUT2D eigenvalue weighted by Crippen LogP contribution is 2.41. The van der Waals surface area contributed by atoms with E-state index >= 15 is 0 Å². The van der Waals surface area contributed by atoms with Gasteiger partial charge in [-0.05, 0) is 86.6 Å². The van der Waals surface area contributed by atoms with Gasteiger partial charge < -0.3 is 14.2 Å². The van der Waals surface area contributed by atoms with Crippen molar-refractivity contribution in [1.82, 2.24) is 0 Å². The molecular formula is C30H44O4. The molecule has 0 radical (unpaired) electrons. The Morgan fingerprint density at radius 1 is 0.912 bits per heavy atom. The summed E-state index contributed by atoms with van der Waals surface area (Å²) in [5, 5.41) is 0. The van der Waals surface area contributed by atoms with Crippen LogP contribution in [0.2, 0.25) is 0 Å². The molecule has 34 heavy (non-hydrogen) atoms. The fraction of sp³-hybridized carbons (Fsp3) is 0.700. The van der Waals surface area contributed by atoms with Crippen molar-refractivity contribution in [3.05, 3.63) is 42.0 Å². The number of benzene rings is 1. The van der Waals surface area contributed by atoms with Crippen LogP contribution in [0.15, 0.2) is 36.4 Å². The topological polar surface area (TPSA) is 44.8 Å². The van der Waals surface area contributed by atoms with Gasteiger partial charge >= 0.3 is 0 Å². The predicted octanol–water partition coefficient (Wildman–Crippen LogP) is 7.37. The molecule has 1 heterocycles. The highest BCUT2D eigenvalue weighted by molar-refractivity contribution is 5.99. The Kier molecular flexibility index (Phi) is 9.64. The molecule has 0 N–H and O–H groups in total. The van der Waals surface area contributed by atoms with E-state index in [1.807, 2.05) is 36.4 Å². The van der Waals surface area contributed by atoms with Gasteiger partial charge in [-0.2, -0.15) is 0 Å². The number of rotatable bonds is 10. The molecule has 2 unspecified atom stereocenters. The lowest BCUT2D eigenvalue weighted by Gasteiger charge is -2.38. The molecule has 0 spiro atoms. The molecule has 2 aliphatic carbocycles. The highest BCUT2D eigenvalue weighted by Gasteiger charge is 2.32. The monoisotopic (exact) mass is 468 g/mol. The molecule has 4 rings (SSSR count). The molecule has 188 valence electrons. The maximum absolute atomic E-state index is 12.8. The fourth-order valence-corrected chi connectivity index (χ4v) is 6.27. The van der Waals surface area contributed by atoms with E-state index in [4.69, 9.17) is 14.2 Å². The molecule has 1 aliphatic heterocycles. The Bertz CT molecular complexity index is 769. The van der Waals surface area contributed by atoms with Crippen LogP contribution in [0.1, 0.15) is 94.3 Å². The molecule has 1 aromatic carbocycles. The normalized spacial score (nSPS) is 31.8. The summed E-state index contributed by atoms with van der Waals surface area (Å²) in [6.45, 7) is 2.68. The molecule has 0 saturated heterocycles. The molecule has 2 fully saturated rings. The summed E-state index contributed by atoms with van der Waals surface area (Å²) in [4.78, 5) is 12.8. The SMILES string of the molecule is CCCCCC1CCC(C2CCC(OC3C=CC(C(=O)c4ccc(OC)cc4)CO3)CC2)CC1. The number of ketones is 1. The van der Waals surface area contributed by atoms with Crippen molar-refractivity contribution >= 4 is 5.78 Å². The van der Waals surface area contributed by atoms with Crippen LogP contribution in [0.3, 0.4) is 0 Å². The molecule has 4 heteroatoms. The van der Waals surface area contributed by atoms with E-state index < -0.39 is 0 Å². The number of hydrogen-bond donors (Lipinski definition) is 0. The lowest BCUT2D eigenvalue weighted by Crippen LogP contribution is -2.34. The summed E-state index contributed by atoms with van der Waals surface area (Å²) < 4.78 is 17.4. The zero-order chi connectivity index (χ0) is 23.8. The Morgan fingerprint density at radius 2 is 1.59 bits per heavy atom. The number of Topliss-reactive ketones (excluding diaryl/α,β-unsaturated/α-hetero) is 1. The van der Waals surface area contributed by atoms with Gasteiger partial charge in [0, 0.05) is 5.56 Å². The number of methoxy groups -OCH3 is 1. The average molecular weight is 469 g/mol. The van der Waals surface area contributed by atoms with E-state index in [2.05, 4.69) is 6.92 Å². The van der Waals surface area contributed by atoms with Gasteiger partial charge in [0.15, 0.2) is 12.1 Å². The first-order valence-corrected chi connectivity index (χ1v) is 13.8. The third kappa shape index (κ3) is 6.95. The number of unbranched alkanes of at least 4 members (excludes halogenated alkanes) is 2. The van der Waals surface area contributed by atoms with E-state index in [-0.39, 0.29) is 24.1 Å². The minimum Gasteiger partial charge on any atom is -0.497 e. The molecule has 0 amide bonds. The highest BCUT2D eigenvalue weighted by atomic mass is 16.7. The van der Waals surface area contributed by atoms with Crippen LogP contribution in [0.4, 0.5) is 0 Å². The summed E-state index contributed by atoms with van der Waals surface area (Å²) in [6, 6.07) is 7.27. The van der Waals surface area contributed by atoms with Crippen molar-refractivity contribution in [3.8, 4) is 5.75 Å². The fourth-order valence-electron chi connectivity index (χ4n) is 6.27. The van der Waals surface area contributed by atoms with Gasteiger partial charge in [-0.3, -0.25) is 4.79 Å². The number of hydrogen-bond acceptors (Lipinski definition) is 4. The van der Waals surface area contributed by atoms with Crippen molar-refractivity contribution < 1.29 is 19.0 Å². The van der Waals surface area contributed by atoms with Crippen molar-refractivity contribution in [2.75, 3.05) is 13.7 Å². The second-order valence-corrected chi connectivity index (χ2v) is 10.7. The first-order valence-electron chi connectivity index (χ1n) is 13.8. The Hall–Kier alpha value is -1.65. The summed E-state index contributed by atoms with van der Waals surface area (Å²) in [5.41, 5.74) is 0.687. The second-order valence-electron chi connectivity index (χ2n) is 10.7. The van der Waals surface area contributed by atoms with Gasteiger partial charge in [0.1, 0.15) is 5.75 Å². The van der Waals surface area contributed by atoms with Gasteiger partial charge in [-0.15, -0.1) is 0 Å². The third-order valence-corrected chi connectivity index (χ3v) is 8.47. The molecule has 3 aliphatic rings. The maximum atomic E-state index is 12.8. The largest absolute Gasteiger partial charge is 0.497 e. The summed E-state index contributed by atoms with van der Waals surface area (Å²) in [5.74, 6) is 3.42. The Labute approximate surface area is 206 Å². The van der Waals surface area contributed by atoms with Crippen molar-refractivity contribution in [2.45, 2.75) is 96.4 Å². The van der Waals surface area contributed by atoms with Gasteiger partial charge in [-0.1, -0.05) is 51.5 Å². The average Bonchev–Trinajstić information content (AvgIpc) is 2.90. The van der Waals surface area contributed by atoms with Crippen LogP contribution in [0.25, 0.3) is 0 Å². The molecule has 2 atom stereocenters. The van der Waals surface area contributed by atoms with Gasteiger partial charge in [0.25, 0.3) is 0 Å². The van der Waals surface area contributed by atoms with Crippen LogP contribution >= 0.6 is 0 Å². The number of carbonyl (C=O) groups is 1. The molecule has 2 saturated carbocycles. The lowest BCUT2D eigenvalue weighted by molar-refractivity contribution is -0.159. The standard InChI is InChI=1S/C30H44O4/c1-3-4-5-6-22-7-9-23(10-8-22)24-11-18-28(19-12-24)34-29-20-15-26(21-33-29)30(31)25-13-16-27(32-2)17-14-25/h13-17,20,22-24,26,28-29H,3-12,18-19,21H2,1-2H3. The lowest BCUT2D eigenvalue weighted by atomic mass is 9.70. The first kappa shape index (κ1) is 25.4. The molecule has 4 nitrogen and oxygen atoms in total. The predicted molar refractivity (Wildman–Crippen MR) is 136 cm³/mol. The molecule has 0 aromatic heterocycles. The summed E-state index contributed by atoms with van der Waals surface area (Å²) in [6.07, 6.45) is 20.2. The van der Waals surface area contributed by atoms with Gasteiger partial charge in [0.2, 0.25) is 0 Å². The van der Waals surface area contributed by atoms with Crippen molar-refractivity contribution in [3.63, 3.8) is 0 Å². The zero-order valence-corrected chi connectivity index (χ0v) is 21.3. The van der Waals surface area contributed by atoms with Gasteiger partial charge in [0.05, 0.1) is 25.7 Å². The van der Waals surface area contributed by atoms with E-state index in [9.17, 15) is 4.79 Å². The number of ether oxygens (including phenoxy) is 3. The van der Waals surface area contributed by atoms with Crippen LogP contribution in [-0.2, 0) is 9.47 Å². The molecular weight excluding hydrogens is 424 g/mol. The summed E-state index contributed by atoms with van der Waals surface area (Å²) in [7, 11) is 1.63. The van der Waals surface area contributed by atoms with Crippen molar-refractivity contribution in [1.29, 1.82) is 0 Å². The van der Waals surface area contributed by atoms with E-state index in [0.717, 1.165) is 36.3 Å². The van der Waals surface area contributed by atoms with Crippen LogP contribution in [0, 0.1) is 23.7 Å². The van der Waals surface area contributed by atoms with Crippen LogP contribution in [0.5, 0.6) is 5.75 Å². The number of carbonyl (C=O) groups excluding carboxylic acids is 1. The zero-order valence-electron chi connectivity index (χ0n) is 21.3. The van der Waals surface area contributed by atoms with E-state index in [1.54, 1.807) is 7.11 Å².